The maximum absolute atomic E-state index is 12.7. The molecule has 0 aliphatic rings. The van der Waals surface area contributed by atoms with Crippen molar-refractivity contribution in [3.63, 3.8) is 0 Å². The first kappa shape index (κ1) is 16.1. The van der Waals surface area contributed by atoms with E-state index in [-0.39, 0.29) is 16.5 Å². The van der Waals surface area contributed by atoms with Gasteiger partial charge >= 0.3 is 8.25 Å². The number of hydrogen-bond acceptors (Lipinski definition) is 3. The molecule has 1 unspecified atom stereocenters. The molecule has 1 rings (SSSR count). The minimum Gasteiger partial charge on any atom is -0.396 e. The molecule has 7 heteroatoms. The summed E-state index contributed by atoms with van der Waals surface area (Å²) in [6.07, 6.45) is 2.64. The summed E-state index contributed by atoms with van der Waals surface area (Å²) in [7, 11) is -2.83. The summed E-state index contributed by atoms with van der Waals surface area (Å²) >= 11 is 5.49. The van der Waals surface area contributed by atoms with Crippen LogP contribution >= 0.6 is 19.9 Å². The van der Waals surface area contributed by atoms with Gasteiger partial charge in [-0.05, 0) is 6.07 Å². The van der Waals surface area contributed by atoms with Crippen LogP contribution in [0.15, 0.2) is 12.1 Å². The minimum atomic E-state index is -2.83. The predicted octanol–water partition coefficient (Wildman–Crippen LogP) is 3.90. The highest BCUT2D eigenvalue weighted by molar-refractivity contribution is 7.32. The molecule has 0 spiro atoms. The number of unbranched alkanes of at least 4 members (excludes halogenated alkanes) is 1. The Bertz CT molecular complexity index is 388. The van der Waals surface area contributed by atoms with Gasteiger partial charge < -0.3 is 5.73 Å². The molecule has 0 aromatic heterocycles. The molecule has 0 radical (unpaired) electrons. The summed E-state index contributed by atoms with van der Waals surface area (Å²) in [5.41, 5.74) is 4.98. The van der Waals surface area contributed by atoms with Gasteiger partial charge in [-0.25, -0.2) is 8.91 Å². The molecular formula is C10H15ClFNO3P+. The molecule has 1 atom stereocenters. The smallest absolute Gasteiger partial charge is 0.396 e. The first-order chi connectivity index (χ1) is 7.92. The maximum Gasteiger partial charge on any atom is 0.747 e. The van der Waals surface area contributed by atoms with Crippen molar-refractivity contribution in [2.75, 3.05) is 5.73 Å². The van der Waals surface area contributed by atoms with Gasteiger partial charge in [-0.3, -0.25) is 0 Å². The largest absolute Gasteiger partial charge is 0.747 e. The number of halogens is 2. The van der Waals surface area contributed by atoms with Gasteiger partial charge in [-0.1, -0.05) is 38.3 Å². The third-order valence-electron chi connectivity index (χ3n) is 1.73. The molecule has 0 fully saturated rings. The third kappa shape index (κ3) is 6.41. The molecule has 0 heterocycles. The van der Waals surface area contributed by atoms with E-state index in [0.29, 0.717) is 0 Å². The first-order valence-electron chi connectivity index (χ1n) is 5.00. The Labute approximate surface area is 105 Å². The van der Waals surface area contributed by atoms with Gasteiger partial charge in [0.05, 0.1) is 10.7 Å². The molecule has 0 saturated heterocycles. The van der Waals surface area contributed by atoms with Crippen LogP contribution in [0.3, 0.4) is 0 Å². The van der Waals surface area contributed by atoms with Crippen LogP contribution in [0.25, 0.3) is 0 Å². The van der Waals surface area contributed by atoms with E-state index >= 15 is 0 Å². The predicted molar refractivity (Wildman–Crippen MR) is 66.9 cm³/mol. The Morgan fingerprint density at radius 2 is 2.00 bits per heavy atom. The average Bonchev–Trinajstić information content (AvgIpc) is 2.25. The molecule has 4 nitrogen and oxygen atoms in total. The van der Waals surface area contributed by atoms with Crippen molar-refractivity contribution in [2.24, 2.45) is 0 Å². The minimum absolute atomic E-state index is 0.107. The fourth-order valence-corrected chi connectivity index (χ4v) is 1.26. The quantitative estimate of drug-likeness (QED) is 0.651. The molecule has 0 bridgehead atoms. The van der Waals surface area contributed by atoms with Gasteiger partial charge in [0.15, 0.2) is 0 Å². The van der Waals surface area contributed by atoms with Crippen molar-refractivity contribution in [3.05, 3.63) is 23.0 Å². The Kier molecular flexibility index (Phi) is 7.79. The number of benzene rings is 1. The van der Waals surface area contributed by atoms with Gasteiger partial charge in [0.1, 0.15) is 5.82 Å². The fraction of sp³-hybridized carbons (Fsp3) is 0.400. The topological polar surface area (TPSA) is 72.5 Å². The summed E-state index contributed by atoms with van der Waals surface area (Å²) in [5, 5.41) is -0.107. The van der Waals surface area contributed by atoms with Crippen molar-refractivity contribution in [1.29, 1.82) is 0 Å². The number of rotatable bonds is 3. The van der Waals surface area contributed by atoms with E-state index in [1.807, 2.05) is 0 Å². The zero-order valence-electron chi connectivity index (χ0n) is 9.61. The Balaban J connectivity index is 0.000000557. The van der Waals surface area contributed by atoms with E-state index in [1.54, 1.807) is 0 Å². The van der Waals surface area contributed by atoms with Gasteiger partial charge in [0.25, 0.3) is 0 Å². The standard InChI is InChI=1S/C6H4ClFNO3P.C4H10/c7-3-1-4(8)5(9)2-6(3)12-13(10)11;1-3-4-2/h1-2H,9H2;3-4H2,1-2H3/p+1. The highest BCUT2D eigenvalue weighted by Crippen LogP contribution is 2.33. The summed E-state index contributed by atoms with van der Waals surface area (Å²) in [4.78, 5) is 8.38. The van der Waals surface area contributed by atoms with Crippen LogP contribution in [0, 0.1) is 5.82 Å². The number of anilines is 1. The van der Waals surface area contributed by atoms with Crippen molar-refractivity contribution >= 4 is 25.5 Å². The van der Waals surface area contributed by atoms with Crippen molar-refractivity contribution in [2.45, 2.75) is 26.7 Å². The highest BCUT2D eigenvalue weighted by atomic mass is 35.5. The van der Waals surface area contributed by atoms with Crippen LogP contribution in [0.5, 0.6) is 5.75 Å². The van der Waals surface area contributed by atoms with Crippen LogP contribution in [-0.4, -0.2) is 4.89 Å². The van der Waals surface area contributed by atoms with Crippen LogP contribution in [0.2, 0.25) is 5.02 Å². The van der Waals surface area contributed by atoms with Crippen LogP contribution in [0.1, 0.15) is 26.7 Å². The highest BCUT2D eigenvalue weighted by Gasteiger charge is 2.18. The SMILES string of the molecule is CCCC.Nc1cc(O[P+](=O)O)c(Cl)cc1F. The van der Waals surface area contributed by atoms with Gasteiger partial charge in [-0.2, -0.15) is 0 Å². The third-order valence-corrected chi connectivity index (χ3v) is 2.38. The van der Waals surface area contributed by atoms with Gasteiger partial charge in [-0.15, -0.1) is 4.89 Å². The number of nitrogens with two attached hydrogens (primary N) is 1. The average molecular weight is 283 g/mol. The molecule has 1 aromatic rings. The van der Waals surface area contributed by atoms with Gasteiger partial charge in [0.2, 0.25) is 5.75 Å². The number of nitrogen functional groups attached to an aromatic ring is 1. The normalized spacial score (nSPS) is 10.3. The number of hydrogen-bond donors (Lipinski definition) is 2. The first-order valence-corrected chi connectivity index (χ1v) is 6.51. The molecule has 96 valence electrons. The lowest BCUT2D eigenvalue weighted by Crippen LogP contribution is -1.92. The molecule has 1 aromatic carbocycles. The lowest BCUT2D eigenvalue weighted by molar-refractivity contribution is 0.410. The van der Waals surface area contributed by atoms with E-state index in [4.69, 9.17) is 22.2 Å². The Morgan fingerprint density at radius 1 is 1.47 bits per heavy atom. The lowest BCUT2D eigenvalue weighted by Gasteiger charge is -1.99. The summed E-state index contributed by atoms with van der Waals surface area (Å²) in [6, 6.07) is 1.95. The van der Waals surface area contributed by atoms with Crippen molar-refractivity contribution in [3.8, 4) is 5.75 Å². The van der Waals surface area contributed by atoms with E-state index in [1.165, 1.54) is 12.8 Å². The lowest BCUT2D eigenvalue weighted by atomic mass is 10.3. The second kappa shape index (κ2) is 8.23. The Hall–Kier alpha value is -0.900. The molecule has 0 saturated carbocycles. The summed E-state index contributed by atoms with van der Waals surface area (Å²) < 4.78 is 27.3. The van der Waals surface area contributed by atoms with Crippen LogP contribution < -0.4 is 10.3 Å². The van der Waals surface area contributed by atoms with Crippen molar-refractivity contribution in [1.82, 2.24) is 0 Å². The second-order valence-electron chi connectivity index (χ2n) is 3.13. The van der Waals surface area contributed by atoms with E-state index in [9.17, 15) is 8.96 Å². The molecule has 3 N–H and O–H groups in total. The second-order valence-corrected chi connectivity index (χ2v) is 4.20. The monoisotopic (exact) mass is 282 g/mol. The summed E-state index contributed by atoms with van der Waals surface area (Å²) in [5.74, 6) is -0.824. The zero-order chi connectivity index (χ0) is 13.4. The van der Waals surface area contributed by atoms with E-state index in [0.717, 1.165) is 12.1 Å². The summed E-state index contributed by atoms with van der Waals surface area (Å²) in [6.45, 7) is 4.36. The molecule has 0 aliphatic heterocycles. The molecule has 17 heavy (non-hydrogen) atoms. The van der Waals surface area contributed by atoms with Gasteiger partial charge in [0, 0.05) is 10.6 Å². The van der Waals surface area contributed by atoms with E-state index in [2.05, 4.69) is 18.4 Å². The fourth-order valence-electron chi connectivity index (χ4n) is 0.699. The van der Waals surface area contributed by atoms with Crippen molar-refractivity contribution < 1.29 is 18.4 Å². The molecular weight excluding hydrogens is 268 g/mol. The maximum atomic E-state index is 12.7. The molecule has 0 amide bonds. The van der Waals surface area contributed by atoms with E-state index < -0.39 is 14.1 Å². The zero-order valence-corrected chi connectivity index (χ0v) is 11.3. The Morgan fingerprint density at radius 3 is 2.41 bits per heavy atom. The molecule has 0 aliphatic carbocycles. The van der Waals surface area contributed by atoms with Crippen LogP contribution in [-0.2, 0) is 4.57 Å². The van der Waals surface area contributed by atoms with Crippen LogP contribution in [0.4, 0.5) is 10.1 Å².